The van der Waals surface area contributed by atoms with Crippen LogP contribution < -0.4 is 0 Å². The SMILES string of the molecule is CSc1ncccc1C(=O)N(C)C(C)C(=O)O. The zero-order valence-electron chi connectivity index (χ0n) is 9.88. The molecule has 1 unspecified atom stereocenters. The van der Waals surface area contributed by atoms with Gasteiger partial charge >= 0.3 is 5.97 Å². The van der Waals surface area contributed by atoms with E-state index in [1.807, 2.05) is 6.26 Å². The number of amides is 1. The van der Waals surface area contributed by atoms with Gasteiger partial charge in [-0.05, 0) is 25.3 Å². The van der Waals surface area contributed by atoms with Crippen LogP contribution in [0.15, 0.2) is 23.4 Å². The second-order valence-electron chi connectivity index (χ2n) is 3.49. The summed E-state index contributed by atoms with van der Waals surface area (Å²) in [4.78, 5) is 28.2. The number of carbonyl (C=O) groups excluding carboxylic acids is 1. The number of hydrogen-bond donors (Lipinski definition) is 1. The van der Waals surface area contributed by atoms with Crippen LogP contribution in [-0.2, 0) is 4.79 Å². The van der Waals surface area contributed by atoms with E-state index in [9.17, 15) is 9.59 Å². The van der Waals surface area contributed by atoms with Crippen LogP contribution in [0, 0.1) is 0 Å². The number of hydrogen-bond acceptors (Lipinski definition) is 4. The van der Waals surface area contributed by atoms with E-state index in [-0.39, 0.29) is 5.91 Å². The first-order chi connectivity index (χ1) is 7.99. The van der Waals surface area contributed by atoms with E-state index in [1.54, 1.807) is 18.3 Å². The van der Waals surface area contributed by atoms with Gasteiger partial charge in [0.1, 0.15) is 11.1 Å². The normalized spacial score (nSPS) is 11.9. The average molecular weight is 254 g/mol. The van der Waals surface area contributed by atoms with Crippen molar-refractivity contribution in [3.05, 3.63) is 23.9 Å². The maximum Gasteiger partial charge on any atom is 0.326 e. The molecule has 0 saturated heterocycles. The van der Waals surface area contributed by atoms with Gasteiger partial charge in [0.15, 0.2) is 0 Å². The first kappa shape index (κ1) is 13.5. The van der Waals surface area contributed by atoms with Gasteiger partial charge in [0.25, 0.3) is 5.91 Å². The topological polar surface area (TPSA) is 70.5 Å². The number of aliphatic carboxylic acids is 1. The van der Waals surface area contributed by atoms with E-state index in [4.69, 9.17) is 5.11 Å². The Labute approximate surface area is 104 Å². The first-order valence-corrected chi connectivity index (χ1v) is 6.20. The molecule has 0 aliphatic rings. The molecule has 1 atom stereocenters. The Hall–Kier alpha value is -1.56. The zero-order valence-corrected chi connectivity index (χ0v) is 10.7. The molecule has 0 radical (unpaired) electrons. The van der Waals surface area contributed by atoms with Gasteiger partial charge < -0.3 is 10.0 Å². The highest BCUT2D eigenvalue weighted by molar-refractivity contribution is 7.98. The van der Waals surface area contributed by atoms with Gasteiger partial charge in [-0.2, -0.15) is 0 Å². The number of carboxylic acid groups (broad SMARTS) is 1. The molecule has 0 bridgehead atoms. The minimum absolute atomic E-state index is 0.336. The smallest absolute Gasteiger partial charge is 0.326 e. The number of carboxylic acids is 1. The van der Waals surface area contributed by atoms with Crippen molar-refractivity contribution in [2.45, 2.75) is 18.0 Å². The second-order valence-corrected chi connectivity index (χ2v) is 4.29. The molecule has 0 aliphatic carbocycles. The molecular formula is C11H14N2O3S. The highest BCUT2D eigenvalue weighted by atomic mass is 32.2. The third-order valence-corrected chi connectivity index (χ3v) is 3.17. The van der Waals surface area contributed by atoms with Gasteiger partial charge in [-0.3, -0.25) is 4.79 Å². The van der Waals surface area contributed by atoms with E-state index in [1.165, 1.54) is 30.6 Å². The molecule has 0 spiro atoms. The van der Waals surface area contributed by atoms with Crippen molar-refractivity contribution in [3.63, 3.8) is 0 Å². The van der Waals surface area contributed by atoms with Crippen LogP contribution in [0.1, 0.15) is 17.3 Å². The molecule has 1 heterocycles. The van der Waals surface area contributed by atoms with Crippen molar-refractivity contribution in [2.75, 3.05) is 13.3 Å². The maximum absolute atomic E-state index is 12.1. The number of rotatable bonds is 4. The summed E-state index contributed by atoms with van der Waals surface area (Å²) in [5.41, 5.74) is 0.426. The summed E-state index contributed by atoms with van der Waals surface area (Å²) in [5, 5.41) is 9.46. The molecule has 0 aromatic carbocycles. The number of aromatic nitrogens is 1. The van der Waals surface area contributed by atoms with Gasteiger partial charge in [-0.15, -0.1) is 11.8 Å². The summed E-state index contributed by atoms with van der Waals surface area (Å²) in [5.74, 6) is -1.37. The lowest BCUT2D eigenvalue weighted by molar-refractivity contribution is -0.141. The molecular weight excluding hydrogens is 240 g/mol. The van der Waals surface area contributed by atoms with Gasteiger partial charge in [0.05, 0.1) is 5.56 Å². The van der Waals surface area contributed by atoms with Crippen LogP contribution >= 0.6 is 11.8 Å². The maximum atomic E-state index is 12.1. The van der Waals surface area contributed by atoms with Gasteiger partial charge in [-0.25, -0.2) is 9.78 Å². The molecule has 17 heavy (non-hydrogen) atoms. The second kappa shape index (κ2) is 5.67. The lowest BCUT2D eigenvalue weighted by Gasteiger charge is -2.22. The summed E-state index contributed by atoms with van der Waals surface area (Å²) in [6, 6.07) is 2.44. The Bertz CT molecular complexity index is 436. The summed E-state index contributed by atoms with van der Waals surface area (Å²) >= 11 is 1.36. The summed E-state index contributed by atoms with van der Waals surface area (Å²) in [6.07, 6.45) is 3.42. The summed E-state index contributed by atoms with van der Waals surface area (Å²) in [6.45, 7) is 1.47. The number of pyridine rings is 1. The van der Waals surface area contributed by atoms with E-state index in [0.717, 1.165) is 0 Å². The van der Waals surface area contributed by atoms with Crippen molar-refractivity contribution in [1.82, 2.24) is 9.88 Å². The average Bonchev–Trinajstić information content (AvgIpc) is 2.35. The Morgan fingerprint density at radius 3 is 2.71 bits per heavy atom. The predicted molar refractivity (Wildman–Crippen MR) is 65.2 cm³/mol. The third-order valence-electron chi connectivity index (χ3n) is 2.45. The monoisotopic (exact) mass is 254 g/mol. The lowest BCUT2D eigenvalue weighted by atomic mass is 10.2. The van der Waals surface area contributed by atoms with E-state index in [0.29, 0.717) is 10.6 Å². The van der Waals surface area contributed by atoms with Gasteiger partial charge in [0, 0.05) is 13.2 Å². The van der Waals surface area contributed by atoms with Crippen molar-refractivity contribution >= 4 is 23.6 Å². The summed E-state index contributed by atoms with van der Waals surface area (Å²) in [7, 11) is 1.47. The van der Waals surface area contributed by atoms with E-state index >= 15 is 0 Å². The van der Waals surface area contributed by atoms with Crippen molar-refractivity contribution in [1.29, 1.82) is 0 Å². The molecule has 1 aromatic heterocycles. The highest BCUT2D eigenvalue weighted by Gasteiger charge is 2.24. The van der Waals surface area contributed by atoms with E-state index in [2.05, 4.69) is 4.98 Å². The Morgan fingerprint density at radius 1 is 1.53 bits per heavy atom. The predicted octanol–water partition coefficient (Wildman–Crippen LogP) is 1.35. The zero-order chi connectivity index (χ0) is 13.0. The van der Waals surface area contributed by atoms with Crippen LogP contribution in [0.2, 0.25) is 0 Å². The molecule has 0 aliphatic heterocycles. The first-order valence-electron chi connectivity index (χ1n) is 4.98. The fourth-order valence-electron chi connectivity index (χ4n) is 1.25. The molecule has 5 nitrogen and oxygen atoms in total. The minimum Gasteiger partial charge on any atom is -0.480 e. The molecule has 92 valence electrons. The van der Waals surface area contributed by atoms with Crippen LogP contribution in [0.3, 0.4) is 0 Å². The van der Waals surface area contributed by atoms with Crippen molar-refractivity contribution < 1.29 is 14.7 Å². The molecule has 6 heteroatoms. The minimum atomic E-state index is -1.03. The number of nitrogens with zero attached hydrogens (tertiary/aromatic N) is 2. The van der Waals surface area contributed by atoms with Crippen LogP contribution in [0.25, 0.3) is 0 Å². The Kier molecular flexibility index (Phi) is 4.51. The van der Waals surface area contributed by atoms with Crippen molar-refractivity contribution in [3.8, 4) is 0 Å². The molecule has 0 fully saturated rings. The van der Waals surface area contributed by atoms with Crippen LogP contribution in [-0.4, -0.2) is 46.2 Å². The quantitative estimate of drug-likeness (QED) is 0.821. The molecule has 1 rings (SSSR count). The van der Waals surface area contributed by atoms with Crippen LogP contribution in [0.5, 0.6) is 0 Å². The number of likely N-dealkylation sites (N-methyl/N-ethyl adjacent to an activating group) is 1. The molecule has 1 N–H and O–H groups in total. The molecule has 1 amide bonds. The molecule has 1 aromatic rings. The standard InChI is InChI=1S/C11H14N2O3S/c1-7(11(15)16)13(2)10(14)8-5-4-6-12-9(8)17-3/h4-7H,1-3H3,(H,15,16). The van der Waals surface area contributed by atoms with Crippen LogP contribution in [0.4, 0.5) is 0 Å². The summed E-state index contributed by atoms with van der Waals surface area (Å²) < 4.78 is 0. The largest absolute Gasteiger partial charge is 0.480 e. The van der Waals surface area contributed by atoms with Gasteiger partial charge in [-0.1, -0.05) is 0 Å². The molecule has 0 saturated carbocycles. The fraction of sp³-hybridized carbons (Fsp3) is 0.364. The van der Waals surface area contributed by atoms with E-state index < -0.39 is 12.0 Å². The number of carbonyl (C=O) groups is 2. The third kappa shape index (κ3) is 2.97. The lowest BCUT2D eigenvalue weighted by Crippen LogP contribution is -2.40. The van der Waals surface area contributed by atoms with Crippen molar-refractivity contribution in [2.24, 2.45) is 0 Å². The highest BCUT2D eigenvalue weighted by Crippen LogP contribution is 2.18. The Morgan fingerprint density at radius 2 is 2.18 bits per heavy atom. The Balaban J connectivity index is 3.00. The van der Waals surface area contributed by atoms with Gasteiger partial charge in [0.2, 0.25) is 0 Å². The fourth-order valence-corrected chi connectivity index (χ4v) is 1.79. The number of thioether (sulfide) groups is 1.